The topological polar surface area (TPSA) is 102 Å². The summed E-state index contributed by atoms with van der Waals surface area (Å²) in [5.74, 6) is 1.45. The van der Waals surface area contributed by atoms with Gasteiger partial charge < -0.3 is 15.4 Å². The molecule has 11 heteroatoms. The van der Waals surface area contributed by atoms with Crippen LogP contribution in [0.25, 0.3) is 28.2 Å². The molecule has 7 rings (SSSR count). The molecule has 38 heavy (non-hydrogen) atoms. The maximum absolute atomic E-state index is 12.7. The van der Waals surface area contributed by atoms with Crippen LogP contribution in [0, 0.1) is 11.8 Å². The van der Waals surface area contributed by atoms with Gasteiger partial charge in [-0.1, -0.05) is 35.3 Å². The van der Waals surface area contributed by atoms with Crippen molar-refractivity contribution in [2.75, 3.05) is 44.3 Å². The van der Waals surface area contributed by atoms with Crippen LogP contribution in [0.1, 0.15) is 0 Å². The van der Waals surface area contributed by atoms with Crippen LogP contribution < -0.4 is 10.6 Å². The third-order valence-corrected chi connectivity index (χ3v) is 8.78. The number of hydrogen-bond donors (Lipinski definition) is 1. The number of primary amides is 1. The minimum Gasteiger partial charge on any atom is -0.379 e. The number of carbonyl (C=O) groups is 1. The monoisotopic (exact) mass is 549 g/mol. The van der Waals surface area contributed by atoms with Crippen LogP contribution in [0.15, 0.2) is 54.9 Å². The molecule has 2 aromatic heterocycles. The number of piperidine rings is 1. The summed E-state index contributed by atoms with van der Waals surface area (Å²) in [4.78, 5) is 31.5. The van der Waals surface area contributed by atoms with Crippen LogP contribution in [0.3, 0.4) is 0 Å². The summed E-state index contributed by atoms with van der Waals surface area (Å²) in [7, 11) is 0. The number of imidazole rings is 1. The van der Waals surface area contributed by atoms with E-state index in [-0.39, 0.29) is 17.7 Å². The quantitative estimate of drug-likeness (QED) is 0.407. The first-order chi connectivity index (χ1) is 18.5. The molecular weight excluding hydrogens is 525 g/mol. The minimum absolute atomic E-state index is 0.143. The van der Waals surface area contributed by atoms with Crippen molar-refractivity contribution in [3.8, 4) is 17.1 Å². The van der Waals surface area contributed by atoms with Gasteiger partial charge in [0, 0.05) is 54.3 Å². The Morgan fingerprint density at radius 1 is 1.00 bits per heavy atom. The number of nitrogens with zero attached hydrogens (tertiary/aromatic N) is 6. The van der Waals surface area contributed by atoms with Crippen molar-refractivity contribution in [2.45, 2.75) is 5.54 Å². The maximum Gasteiger partial charge on any atom is 0.238 e. The Kier molecular flexibility index (Phi) is 5.59. The van der Waals surface area contributed by atoms with E-state index < -0.39 is 5.54 Å². The Morgan fingerprint density at radius 2 is 1.71 bits per heavy atom. The molecule has 3 fully saturated rings. The summed E-state index contributed by atoms with van der Waals surface area (Å²) in [5.41, 5.74) is 8.40. The van der Waals surface area contributed by atoms with Crippen LogP contribution in [-0.2, 0) is 9.53 Å². The van der Waals surface area contributed by atoms with E-state index in [4.69, 9.17) is 38.7 Å². The standard InChI is InChI=1S/C27H25Cl2N7O2/c28-16-5-7-17(8-6-16)36-23(18-3-1-2-4-21(18)29)33-22-24(31-15-32-25(22)36)34-13-19-20(14-34)27(19,26(30)37)35-9-11-38-12-10-35/h1-8,15,19-20H,9-14H2,(H2,30,37)/t19-,20+,27?. The highest BCUT2D eigenvalue weighted by Crippen LogP contribution is 2.59. The van der Waals surface area contributed by atoms with Crippen molar-refractivity contribution in [1.82, 2.24) is 24.4 Å². The summed E-state index contributed by atoms with van der Waals surface area (Å²) in [5, 5.41) is 1.23. The van der Waals surface area contributed by atoms with E-state index in [2.05, 4.69) is 19.8 Å². The summed E-state index contributed by atoms with van der Waals surface area (Å²) >= 11 is 12.8. The number of morpholine rings is 1. The summed E-state index contributed by atoms with van der Waals surface area (Å²) in [6.07, 6.45) is 1.56. The Balaban J connectivity index is 1.30. The molecule has 2 aromatic carbocycles. The van der Waals surface area contributed by atoms with E-state index in [9.17, 15) is 4.79 Å². The number of aromatic nitrogens is 4. The lowest BCUT2D eigenvalue weighted by atomic mass is 10.1. The lowest BCUT2D eigenvalue weighted by molar-refractivity contribution is -0.128. The zero-order valence-corrected chi connectivity index (χ0v) is 21.9. The second kappa shape index (κ2) is 8.91. The molecule has 3 aliphatic rings. The molecule has 0 spiro atoms. The van der Waals surface area contributed by atoms with Crippen LogP contribution in [0.2, 0.25) is 10.0 Å². The van der Waals surface area contributed by atoms with E-state index in [1.165, 1.54) is 0 Å². The normalized spacial score (nSPS) is 25.1. The molecule has 3 atom stereocenters. The second-order valence-corrected chi connectivity index (χ2v) is 10.8. The average molecular weight is 550 g/mol. The molecule has 1 saturated carbocycles. The number of amides is 1. The molecule has 1 aliphatic carbocycles. The van der Waals surface area contributed by atoms with Gasteiger partial charge >= 0.3 is 0 Å². The van der Waals surface area contributed by atoms with Gasteiger partial charge in [-0.25, -0.2) is 15.0 Å². The summed E-state index contributed by atoms with van der Waals surface area (Å²) in [6, 6.07) is 15.1. The molecule has 9 nitrogen and oxygen atoms in total. The van der Waals surface area contributed by atoms with Gasteiger partial charge in [0.05, 0.1) is 18.2 Å². The highest BCUT2D eigenvalue weighted by Gasteiger charge is 2.74. The molecule has 2 N–H and O–H groups in total. The molecule has 4 heterocycles. The Hall–Kier alpha value is -3.24. The number of fused-ring (bicyclic) bond motifs is 2. The van der Waals surface area contributed by atoms with Crippen molar-refractivity contribution < 1.29 is 9.53 Å². The van der Waals surface area contributed by atoms with Crippen molar-refractivity contribution in [1.29, 1.82) is 0 Å². The van der Waals surface area contributed by atoms with Gasteiger partial charge in [0.15, 0.2) is 17.0 Å². The van der Waals surface area contributed by atoms with Crippen LogP contribution in [-0.4, -0.2) is 75.3 Å². The Morgan fingerprint density at radius 3 is 2.39 bits per heavy atom. The molecular formula is C27H25Cl2N7O2. The van der Waals surface area contributed by atoms with Crippen LogP contribution in [0.4, 0.5) is 5.82 Å². The van der Waals surface area contributed by atoms with E-state index in [0.29, 0.717) is 53.3 Å². The molecule has 4 aromatic rings. The van der Waals surface area contributed by atoms with Crippen molar-refractivity contribution in [2.24, 2.45) is 17.6 Å². The van der Waals surface area contributed by atoms with E-state index >= 15 is 0 Å². The minimum atomic E-state index is -0.599. The number of ether oxygens (including phenoxy) is 1. The molecule has 194 valence electrons. The lowest BCUT2D eigenvalue weighted by Crippen LogP contribution is -2.56. The summed E-state index contributed by atoms with van der Waals surface area (Å²) < 4.78 is 7.50. The van der Waals surface area contributed by atoms with Gasteiger partial charge in [-0.15, -0.1) is 0 Å². The lowest BCUT2D eigenvalue weighted by Gasteiger charge is -2.37. The highest BCUT2D eigenvalue weighted by atomic mass is 35.5. The van der Waals surface area contributed by atoms with E-state index in [1.807, 2.05) is 53.1 Å². The van der Waals surface area contributed by atoms with Gasteiger partial charge in [0.25, 0.3) is 0 Å². The predicted octanol–water partition coefficient (Wildman–Crippen LogP) is 3.41. The smallest absolute Gasteiger partial charge is 0.238 e. The number of carbonyl (C=O) groups excluding carboxylic acids is 1. The number of hydrogen-bond acceptors (Lipinski definition) is 7. The molecule has 0 bridgehead atoms. The first-order valence-corrected chi connectivity index (χ1v) is 13.4. The SMILES string of the molecule is NC(=O)C1(N2CCOCC2)[C@@H]2CN(c3ncnc4c3nc(-c3ccccc3Cl)n4-c3ccc(Cl)cc3)C[C@@H]21. The molecule has 1 amide bonds. The molecule has 1 unspecified atom stereocenters. The molecule has 0 radical (unpaired) electrons. The van der Waals surface area contributed by atoms with Crippen molar-refractivity contribution >= 4 is 46.1 Å². The van der Waals surface area contributed by atoms with Gasteiger partial charge in [0.1, 0.15) is 17.7 Å². The van der Waals surface area contributed by atoms with Crippen LogP contribution >= 0.6 is 23.2 Å². The third kappa shape index (κ3) is 3.46. The van der Waals surface area contributed by atoms with Gasteiger partial charge in [0.2, 0.25) is 5.91 Å². The van der Waals surface area contributed by atoms with E-state index in [0.717, 1.165) is 30.2 Å². The fourth-order valence-corrected chi connectivity index (χ4v) is 6.82. The first kappa shape index (κ1) is 23.8. The third-order valence-electron chi connectivity index (χ3n) is 8.19. The highest BCUT2D eigenvalue weighted by molar-refractivity contribution is 6.33. The fourth-order valence-electron chi connectivity index (χ4n) is 6.47. The number of rotatable bonds is 5. The predicted molar refractivity (Wildman–Crippen MR) is 146 cm³/mol. The maximum atomic E-state index is 12.7. The number of nitrogens with two attached hydrogens (primary N) is 1. The van der Waals surface area contributed by atoms with E-state index in [1.54, 1.807) is 6.33 Å². The van der Waals surface area contributed by atoms with Crippen molar-refractivity contribution in [3.63, 3.8) is 0 Å². The van der Waals surface area contributed by atoms with Crippen LogP contribution in [0.5, 0.6) is 0 Å². The Labute approximate surface area is 229 Å². The van der Waals surface area contributed by atoms with Gasteiger partial charge in [-0.2, -0.15) is 0 Å². The Bertz CT molecular complexity index is 1540. The number of halogens is 2. The second-order valence-electron chi connectivity index (χ2n) is 10.0. The largest absolute Gasteiger partial charge is 0.379 e. The first-order valence-electron chi connectivity index (χ1n) is 12.6. The molecule has 2 aliphatic heterocycles. The van der Waals surface area contributed by atoms with Gasteiger partial charge in [-0.05, 0) is 36.4 Å². The zero-order chi connectivity index (χ0) is 26.0. The van der Waals surface area contributed by atoms with Crippen molar-refractivity contribution in [3.05, 3.63) is 64.9 Å². The number of anilines is 1. The average Bonchev–Trinajstić information content (AvgIpc) is 3.20. The summed E-state index contributed by atoms with van der Waals surface area (Å²) in [6.45, 7) is 4.04. The number of benzene rings is 2. The van der Waals surface area contributed by atoms with Gasteiger partial charge in [-0.3, -0.25) is 14.3 Å². The fraction of sp³-hybridized carbons (Fsp3) is 0.333. The zero-order valence-electron chi connectivity index (χ0n) is 20.4. The molecule has 2 saturated heterocycles.